The summed E-state index contributed by atoms with van der Waals surface area (Å²) in [7, 11) is 3.23. The van der Waals surface area contributed by atoms with Crippen LogP contribution >= 0.6 is 0 Å². The molecule has 0 bridgehead atoms. The van der Waals surface area contributed by atoms with E-state index in [9.17, 15) is 0 Å². The second-order valence-electron chi connectivity index (χ2n) is 5.32. The van der Waals surface area contributed by atoms with E-state index < -0.39 is 5.54 Å². The molecule has 0 aliphatic heterocycles. The van der Waals surface area contributed by atoms with Crippen molar-refractivity contribution in [3.63, 3.8) is 0 Å². The molecule has 0 fully saturated rings. The van der Waals surface area contributed by atoms with E-state index in [1.807, 2.05) is 49.8 Å². The van der Waals surface area contributed by atoms with Crippen molar-refractivity contribution < 1.29 is 9.47 Å². The molecule has 0 aliphatic rings. The molecular formula is C15H21N3O2. The first-order valence-electron chi connectivity index (χ1n) is 6.45. The molecule has 0 radical (unpaired) electrons. The second kappa shape index (κ2) is 5.17. The molecule has 20 heavy (non-hydrogen) atoms. The highest BCUT2D eigenvalue weighted by atomic mass is 16.5. The number of ether oxygens (including phenoxy) is 2. The van der Waals surface area contributed by atoms with E-state index in [4.69, 9.17) is 15.2 Å². The van der Waals surface area contributed by atoms with Crippen molar-refractivity contribution in [2.75, 3.05) is 14.2 Å². The van der Waals surface area contributed by atoms with Crippen LogP contribution < -0.4 is 15.2 Å². The molecule has 2 aromatic rings. The molecule has 1 heterocycles. The predicted octanol–water partition coefficient (Wildman–Crippen LogP) is 2.39. The average Bonchev–Trinajstić information content (AvgIpc) is 2.79. The van der Waals surface area contributed by atoms with E-state index in [0.29, 0.717) is 11.5 Å². The summed E-state index contributed by atoms with van der Waals surface area (Å²) in [6, 6.07) is 5.70. The third kappa shape index (κ3) is 2.49. The zero-order valence-electron chi connectivity index (χ0n) is 12.6. The van der Waals surface area contributed by atoms with Crippen LogP contribution in [-0.2, 0) is 5.54 Å². The van der Waals surface area contributed by atoms with E-state index in [1.165, 1.54) is 0 Å². The van der Waals surface area contributed by atoms with E-state index in [1.54, 1.807) is 14.2 Å². The van der Waals surface area contributed by atoms with Gasteiger partial charge >= 0.3 is 0 Å². The van der Waals surface area contributed by atoms with Crippen molar-refractivity contribution in [2.24, 2.45) is 5.73 Å². The molecular weight excluding hydrogens is 254 g/mol. The molecule has 5 heteroatoms. The van der Waals surface area contributed by atoms with Crippen LogP contribution in [-0.4, -0.2) is 24.0 Å². The minimum absolute atomic E-state index is 0.418. The van der Waals surface area contributed by atoms with Gasteiger partial charge in [-0.25, -0.2) is 4.68 Å². The van der Waals surface area contributed by atoms with Crippen molar-refractivity contribution in [1.29, 1.82) is 0 Å². The van der Waals surface area contributed by atoms with Crippen LogP contribution in [0.5, 0.6) is 11.5 Å². The van der Waals surface area contributed by atoms with Crippen LogP contribution in [0.1, 0.15) is 25.1 Å². The number of nitrogens with two attached hydrogens (primary N) is 1. The summed E-state index contributed by atoms with van der Waals surface area (Å²) in [6.45, 7) is 5.94. The summed E-state index contributed by atoms with van der Waals surface area (Å²) in [5, 5.41) is 4.42. The Morgan fingerprint density at radius 1 is 1.15 bits per heavy atom. The summed E-state index contributed by atoms with van der Waals surface area (Å²) in [5.41, 5.74) is 8.69. The fourth-order valence-electron chi connectivity index (χ4n) is 2.26. The maximum absolute atomic E-state index is 6.15. The second-order valence-corrected chi connectivity index (χ2v) is 5.32. The fourth-order valence-corrected chi connectivity index (χ4v) is 2.26. The van der Waals surface area contributed by atoms with Crippen LogP contribution in [0, 0.1) is 6.92 Å². The first kappa shape index (κ1) is 14.4. The largest absolute Gasteiger partial charge is 0.493 e. The Labute approximate surface area is 119 Å². The van der Waals surface area contributed by atoms with E-state index in [0.717, 1.165) is 16.9 Å². The standard InChI is InChI=1S/C15H21N3O2/c1-10-12(15(2,3)16)9-17-18(10)11-6-7-13(19-4)14(8-11)20-5/h6-9H,16H2,1-5H3. The van der Waals surface area contributed by atoms with Crippen molar-refractivity contribution >= 4 is 0 Å². The van der Waals surface area contributed by atoms with Crippen LogP contribution in [0.3, 0.4) is 0 Å². The lowest BCUT2D eigenvalue weighted by molar-refractivity contribution is 0.354. The molecule has 2 rings (SSSR count). The van der Waals surface area contributed by atoms with Gasteiger partial charge in [0.25, 0.3) is 0 Å². The van der Waals surface area contributed by atoms with Crippen LogP contribution in [0.15, 0.2) is 24.4 Å². The quantitative estimate of drug-likeness (QED) is 0.930. The van der Waals surface area contributed by atoms with E-state index in [2.05, 4.69) is 5.10 Å². The summed E-state index contributed by atoms with van der Waals surface area (Å²) >= 11 is 0. The SMILES string of the molecule is COc1ccc(-n2ncc(C(C)(C)N)c2C)cc1OC. The Kier molecular flexibility index (Phi) is 3.72. The van der Waals surface area contributed by atoms with Gasteiger partial charge in [-0.15, -0.1) is 0 Å². The Balaban J connectivity index is 2.50. The molecule has 1 aromatic carbocycles. The number of nitrogens with zero attached hydrogens (tertiary/aromatic N) is 2. The Morgan fingerprint density at radius 3 is 2.30 bits per heavy atom. The van der Waals surface area contributed by atoms with Crippen LogP contribution in [0.25, 0.3) is 5.69 Å². The number of rotatable bonds is 4. The van der Waals surface area contributed by atoms with Crippen molar-refractivity contribution in [3.05, 3.63) is 35.7 Å². The smallest absolute Gasteiger partial charge is 0.162 e. The first-order chi connectivity index (χ1) is 9.38. The Morgan fingerprint density at radius 2 is 1.80 bits per heavy atom. The van der Waals surface area contributed by atoms with Crippen LogP contribution in [0.2, 0.25) is 0 Å². The molecule has 0 atom stereocenters. The highest BCUT2D eigenvalue weighted by Crippen LogP contribution is 2.30. The first-order valence-corrected chi connectivity index (χ1v) is 6.45. The molecule has 5 nitrogen and oxygen atoms in total. The summed E-state index contributed by atoms with van der Waals surface area (Å²) in [4.78, 5) is 0. The van der Waals surface area contributed by atoms with Gasteiger partial charge in [0.1, 0.15) is 0 Å². The van der Waals surface area contributed by atoms with Crippen LogP contribution in [0.4, 0.5) is 0 Å². The average molecular weight is 275 g/mol. The maximum atomic E-state index is 6.15. The van der Waals surface area contributed by atoms with Crippen molar-refractivity contribution in [2.45, 2.75) is 26.3 Å². The lowest BCUT2D eigenvalue weighted by atomic mass is 9.97. The normalized spacial score (nSPS) is 11.5. The van der Waals surface area contributed by atoms with Crippen molar-refractivity contribution in [3.8, 4) is 17.2 Å². The molecule has 0 saturated heterocycles. The number of hydrogen-bond acceptors (Lipinski definition) is 4. The van der Waals surface area contributed by atoms with Gasteiger partial charge in [0, 0.05) is 22.9 Å². The van der Waals surface area contributed by atoms with Gasteiger partial charge in [-0.2, -0.15) is 5.10 Å². The van der Waals surface area contributed by atoms with Gasteiger partial charge in [-0.3, -0.25) is 0 Å². The molecule has 0 saturated carbocycles. The molecule has 1 aromatic heterocycles. The highest BCUT2D eigenvalue weighted by molar-refractivity contribution is 5.49. The Hall–Kier alpha value is -2.01. The summed E-state index contributed by atoms with van der Waals surface area (Å²) < 4.78 is 12.4. The topological polar surface area (TPSA) is 62.3 Å². The van der Waals surface area contributed by atoms with Gasteiger partial charge < -0.3 is 15.2 Å². The third-order valence-electron chi connectivity index (χ3n) is 3.32. The van der Waals surface area contributed by atoms with Crippen molar-refractivity contribution in [1.82, 2.24) is 9.78 Å². The van der Waals surface area contributed by atoms with E-state index in [-0.39, 0.29) is 0 Å². The monoisotopic (exact) mass is 275 g/mol. The highest BCUT2D eigenvalue weighted by Gasteiger charge is 2.21. The van der Waals surface area contributed by atoms with Gasteiger partial charge in [0.2, 0.25) is 0 Å². The number of benzene rings is 1. The lowest BCUT2D eigenvalue weighted by Crippen LogP contribution is -2.29. The molecule has 0 spiro atoms. The minimum Gasteiger partial charge on any atom is -0.493 e. The summed E-state index contributed by atoms with van der Waals surface area (Å²) in [5.74, 6) is 1.37. The zero-order chi connectivity index (χ0) is 14.9. The van der Waals surface area contributed by atoms with Gasteiger partial charge in [-0.05, 0) is 32.9 Å². The number of methoxy groups -OCH3 is 2. The molecule has 0 aliphatic carbocycles. The van der Waals surface area contributed by atoms with E-state index >= 15 is 0 Å². The molecule has 0 unspecified atom stereocenters. The maximum Gasteiger partial charge on any atom is 0.162 e. The van der Waals surface area contributed by atoms with Gasteiger partial charge in [-0.1, -0.05) is 0 Å². The Bertz CT molecular complexity index is 612. The minimum atomic E-state index is -0.418. The summed E-state index contributed by atoms with van der Waals surface area (Å²) in [6.07, 6.45) is 1.81. The van der Waals surface area contributed by atoms with Gasteiger partial charge in [0.15, 0.2) is 11.5 Å². The number of hydrogen-bond donors (Lipinski definition) is 1. The fraction of sp³-hybridized carbons (Fsp3) is 0.400. The molecule has 0 amide bonds. The molecule has 2 N–H and O–H groups in total. The lowest BCUT2D eigenvalue weighted by Gasteiger charge is -2.18. The third-order valence-corrected chi connectivity index (χ3v) is 3.32. The van der Waals surface area contributed by atoms with Gasteiger partial charge in [0.05, 0.1) is 26.1 Å². The number of aromatic nitrogens is 2. The molecule has 108 valence electrons. The zero-order valence-corrected chi connectivity index (χ0v) is 12.6. The predicted molar refractivity (Wildman–Crippen MR) is 78.6 cm³/mol.